The molecule has 0 aliphatic rings. The number of nitrogens with zero attached hydrogens (tertiary/aromatic N) is 3. The number of anilines is 1. The first-order valence-corrected chi connectivity index (χ1v) is 9.36. The van der Waals surface area contributed by atoms with Crippen LogP contribution in [0.1, 0.15) is 0 Å². The highest BCUT2D eigenvalue weighted by molar-refractivity contribution is 5.93. The fourth-order valence-electron chi connectivity index (χ4n) is 3.30. The molecule has 2 aromatic carbocycles. The van der Waals surface area contributed by atoms with Crippen LogP contribution in [-0.2, 0) is 11.3 Å². The van der Waals surface area contributed by atoms with Crippen LogP contribution in [0.15, 0.2) is 65.6 Å². The van der Waals surface area contributed by atoms with E-state index in [2.05, 4.69) is 10.3 Å². The van der Waals surface area contributed by atoms with Crippen LogP contribution in [0.5, 0.6) is 11.5 Å². The molecule has 0 aliphatic heterocycles. The van der Waals surface area contributed by atoms with E-state index in [1.165, 1.54) is 47.6 Å². The number of imidazole rings is 1. The van der Waals surface area contributed by atoms with E-state index >= 15 is 0 Å². The van der Waals surface area contributed by atoms with Gasteiger partial charge in [-0.3, -0.25) is 9.36 Å². The second-order valence-electron chi connectivity index (χ2n) is 6.64. The number of ether oxygens (including phenoxy) is 2. The standard InChI is InChI=1S/C22H19FN4O4/c1-30-16-9-10-17(19(12-16)31-2)25-20(28)13-26-18-4-3-11-24-21(18)27(22(26)29)15-7-5-14(23)6-8-15/h3-12H,13H2,1-2H3,(H,25,28). The number of hydrogen-bond acceptors (Lipinski definition) is 5. The second kappa shape index (κ2) is 8.31. The summed E-state index contributed by atoms with van der Waals surface area (Å²) in [6.07, 6.45) is 1.55. The molecule has 2 heterocycles. The van der Waals surface area contributed by atoms with E-state index in [-0.39, 0.29) is 6.54 Å². The average molecular weight is 422 g/mol. The first-order valence-electron chi connectivity index (χ1n) is 9.36. The number of carbonyl (C=O) groups excluding carboxylic acids is 1. The Kier molecular flexibility index (Phi) is 5.40. The lowest BCUT2D eigenvalue weighted by molar-refractivity contribution is -0.116. The third kappa shape index (κ3) is 3.85. The van der Waals surface area contributed by atoms with Crippen molar-refractivity contribution >= 4 is 22.8 Å². The zero-order valence-corrected chi connectivity index (χ0v) is 16.8. The SMILES string of the molecule is COc1ccc(NC(=O)Cn2c(=O)n(-c3ccc(F)cc3)c3ncccc32)c(OC)c1. The van der Waals surface area contributed by atoms with E-state index in [9.17, 15) is 14.0 Å². The fourth-order valence-corrected chi connectivity index (χ4v) is 3.30. The summed E-state index contributed by atoms with van der Waals surface area (Å²) in [5.41, 5.74) is 1.28. The molecule has 2 aromatic heterocycles. The Morgan fingerprint density at radius 1 is 1.10 bits per heavy atom. The van der Waals surface area contributed by atoms with Gasteiger partial charge in [-0.25, -0.2) is 18.7 Å². The molecule has 0 fully saturated rings. The molecule has 4 aromatic rings. The smallest absolute Gasteiger partial charge is 0.335 e. The molecular weight excluding hydrogens is 403 g/mol. The number of carbonyl (C=O) groups is 1. The van der Waals surface area contributed by atoms with Crippen molar-refractivity contribution in [3.63, 3.8) is 0 Å². The van der Waals surface area contributed by atoms with E-state index in [4.69, 9.17) is 9.47 Å². The van der Waals surface area contributed by atoms with Gasteiger partial charge in [0.2, 0.25) is 5.91 Å². The number of rotatable bonds is 6. The molecular formula is C22H19FN4O4. The molecule has 0 aliphatic carbocycles. The number of benzene rings is 2. The summed E-state index contributed by atoms with van der Waals surface area (Å²) in [5.74, 6) is 0.170. The van der Waals surface area contributed by atoms with Crippen molar-refractivity contribution in [2.24, 2.45) is 0 Å². The minimum Gasteiger partial charge on any atom is -0.497 e. The van der Waals surface area contributed by atoms with E-state index in [1.54, 1.807) is 36.5 Å². The molecule has 0 saturated carbocycles. The Labute approximate surface area is 176 Å². The second-order valence-corrected chi connectivity index (χ2v) is 6.64. The molecule has 0 saturated heterocycles. The van der Waals surface area contributed by atoms with E-state index < -0.39 is 17.4 Å². The Hall–Kier alpha value is -4.14. The summed E-state index contributed by atoms with van der Waals surface area (Å²) in [4.78, 5) is 30.2. The number of nitrogens with one attached hydrogen (secondary N) is 1. The van der Waals surface area contributed by atoms with Crippen molar-refractivity contribution in [3.8, 4) is 17.2 Å². The van der Waals surface area contributed by atoms with Gasteiger partial charge in [-0.05, 0) is 48.5 Å². The molecule has 0 radical (unpaired) electrons. The number of amides is 1. The van der Waals surface area contributed by atoms with Crippen molar-refractivity contribution in [2.75, 3.05) is 19.5 Å². The van der Waals surface area contributed by atoms with Gasteiger partial charge in [-0.15, -0.1) is 0 Å². The molecule has 1 N–H and O–H groups in total. The Balaban J connectivity index is 1.69. The lowest BCUT2D eigenvalue weighted by Gasteiger charge is -2.12. The molecule has 9 heteroatoms. The lowest BCUT2D eigenvalue weighted by atomic mass is 10.2. The summed E-state index contributed by atoms with van der Waals surface area (Å²) in [7, 11) is 3.02. The summed E-state index contributed by atoms with van der Waals surface area (Å²) in [6, 6.07) is 13.9. The minimum atomic E-state index is -0.461. The minimum absolute atomic E-state index is 0.246. The third-order valence-electron chi connectivity index (χ3n) is 4.76. The molecule has 0 bridgehead atoms. The molecule has 0 atom stereocenters. The monoisotopic (exact) mass is 422 g/mol. The molecule has 158 valence electrons. The van der Waals surface area contributed by atoms with Gasteiger partial charge in [0.1, 0.15) is 23.9 Å². The van der Waals surface area contributed by atoms with Crippen molar-refractivity contribution in [1.82, 2.24) is 14.1 Å². The van der Waals surface area contributed by atoms with Crippen LogP contribution >= 0.6 is 0 Å². The number of pyridine rings is 1. The molecule has 1 amide bonds. The highest BCUT2D eigenvalue weighted by Crippen LogP contribution is 2.29. The number of halogens is 1. The van der Waals surface area contributed by atoms with Crippen molar-refractivity contribution < 1.29 is 18.7 Å². The van der Waals surface area contributed by atoms with Crippen molar-refractivity contribution in [1.29, 1.82) is 0 Å². The van der Waals surface area contributed by atoms with Crippen LogP contribution in [0.3, 0.4) is 0 Å². The number of methoxy groups -OCH3 is 2. The molecule has 8 nitrogen and oxygen atoms in total. The topological polar surface area (TPSA) is 87.4 Å². The summed E-state index contributed by atoms with van der Waals surface area (Å²) >= 11 is 0. The van der Waals surface area contributed by atoms with Crippen LogP contribution in [0.25, 0.3) is 16.9 Å². The maximum absolute atomic E-state index is 13.3. The van der Waals surface area contributed by atoms with Crippen molar-refractivity contribution in [3.05, 3.63) is 77.1 Å². The predicted octanol–water partition coefficient (Wildman–Crippen LogP) is 2.98. The average Bonchev–Trinajstić information content (AvgIpc) is 3.06. The number of hydrogen-bond donors (Lipinski definition) is 1. The van der Waals surface area contributed by atoms with Crippen LogP contribution < -0.4 is 20.5 Å². The fraction of sp³-hybridized carbons (Fsp3) is 0.136. The summed E-state index contributed by atoms with van der Waals surface area (Å²) in [6.45, 7) is -0.246. The Morgan fingerprint density at radius 3 is 2.58 bits per heavy atom. The number of aromatic nitrogens is 3. The van der Waals surface area contributed by atoms with E-state index in [0.717, 1.165) is 0 Å². The Bertz CT molecular complexity index is 1310. The van der Waals surface area contributed by atoms with Gasteiger partial charge in [0.05, 0.1) is 31.1 Å². The first-order chi connectivity index (χ1) is 15.0. The summed E-state index contributed by atoms with van der Waals surface area (Å²) < 4.78 is 26.4. The van der Waals surface area contributed by atoms with Crippen LogP contribution in [0.2, 0.25) is 0 Å². The van der Waals surface area contributed by atoms with Crippen LogP contribution in [0, 0.1) is 5.82 Å². The van der Waals surface area contributed by atoms with E-state index in [1.807, 2.05) is 0 Å². The zero-order valence-electron chi connectivity index (χ0n) is 16.8. The predicted molar refractivity (Wildman–Crippen MR) is 113 cm³/mol. The van der Waals surface area contributed by atoms with Gasteiger partial charge in [0.25, 0.3) is 0 Å². The zero-order chi connectivity index (χ0) is 22.0. The highest BCUT2D eigenvalue weighted by atomic mass is 19.1. The molecule has 4 rings (SSSR count). The Morgan fingerprint density at radius 2 is 1.87 bits per heavy atom. The lowest BCUT2D eigenvalue weighted by Crippen LogP contribution is -2.29. The molecule has 31 heavy (non-hydrogen) atoms. The van der Waals surface area contributed by atoms with Gasteiger partial charge in [0.15, 0.2) is 5.65 Å². The van der Waals surface area contributed by atoms with Crippen LogP contribution in [0.4, 0.5) is 10.1 Å². The molecule has 0 spiro atoms. The maximum atomic E-state index is 13.3. The maximum Gasteiger partial charge on any atom is 0.335 e. The summed E-state index contributed by atoms with van der Waals surface area (Å²) in [5, 5.41) is 2.75. The number of fused-ring (bicyclic) bond motifs is 1. The van der Waals surface area contributed by atoms with E-state index in [0.29, 0.717) is 34.0 Å². The van der Waals surface area contributed by atoms with Gasteiger partial charge >= 0.3 is 5.69 Å². The van der Waals surface area contributed by atoms with Gasteiger partial charge in [0, 0.05) is 12.3 Å². The quantitative estimate of drug-likeness (QED) is 0.516. The largest absolute Gasteiger partial charge is 0.497 e. The first kappa shape index (κ1) is 20.1. The highest BCUT2D eigenvalue weighted by Gasteiger charge is 2.18. The molecule has 0 unspecified atom stereocenters. The van der Waals surface area contributed by atoms with Crippen LogP contribution in [-0.4, -0.2) is 34.2 Å². The van der Waals surface area contributed by atoms with Gasteiger partial charge in [-0.1, -0.05) is 0 Å². The van der Waals surface area contributed by atoms with Gasteiger partial charge < -0.3 is 14.8 Å². The normalized spacial score (nSPS) is 10.8. The van der Waals surface area contributed by atoms with Gasteiger partial charge in [-0.2, -0.15) is 0 Å². The third-order valence-corrected chi connectivity index (χ3v) is 4.76. The van der Waals surface area contributed by atoms with Crippen molar-refractivity contribution in [2.45, 2.75) is 6.54 Å².